The number of aromatic nitrogens is 1. The summed E-state index contributed by atoms with van der Waals surface area (Å²) in [7, 11) is 0. The van der Waals surface area contributed by atoms with Gasteiger partial charge in [0.05, 0.1) is 17.1 Å². The van der Waals surface area contributed by atoms with E-state index in [1.54, 1.807) is 0 Å². The lowest BCUT2D eigenvalue weighted by atomic mass is 9.81. The molecular formula is C14H23N5O2. The van der Waals surface area contributed by atoms with Gasteiger partial charge in [-0.05, 0) is 24.7 Å². The second kappa shape index (κ2) is 7.21. The lowest BCUT2D eigenvalue weighted by Gasteiger charge is -2.28. The number of pyridine rings is 1. The van der Waals surface area contributed by atoms with Crippen LogP contribution < -0.4 is 16.6 Å². The molecule has 21 heavy (non-hydrogen) atoms. The monoisotopic (exact) mass is 293 g/mol. The fourth-order valence-electron chi connectivity index (χ4n) is 2.88. The minimum Gasteiger partial charge on any atom is -0.370 e. The van der Waals surface area contributed by atoms with Crippen LogP contribution in [0.4, 0.5) is 17.3 Å². The Morgan fingerprint density at radius 2 is 1.90 bits per heavy atom. The third-order valence-electron chi connectivity index (χ3n) is 4.28. The first kappa shape index (κ1) is 15.5. The van der Waals surface area contributed by atoms with Crippen molar-refractivity contribution in [3.63, 3.8) is 0 Å². The first-order chi connectivity index (χ1) is 10.1. The molecule has 0 saturated heterocycles. The fourth-order valence-corrected chi connectivity index (χ4v) is 2.88. The van der Waals surface area contributed by atoms with Gasteiger partial charge >= 0.3 is 0 Å². The number of nitrogens with two attached hydrogens (primary N) is 1. The topological polar surface area (TPSA) is 106 Å². The van der Waals surface area contributed by atoms with Gasteiger partial charge in [0.15, 0.2) is 0 Å². The van der Waals surface area contributed by atoms with Gasteiger partial charge < -0.3 is 10.7 Å². The third-order valence-corrected chi connectivity index (χ3v) is 4.28. The van der Waals surface area contributed by atoms with Crippen LogP contribution in [0.15, 0.2) is 12.1 Å². The van der Waals surface area contributed by atoms with E-state index in [2.05, 4.69) is 22.7 Å². The smallest absolute Gasteiger partial charge is 0.276 e. The first-order valence-corrected chi connectivity index (χ1v) is 7.49. The van der Waals surface area contributed by atoms with Crippen LogP contribution in [0.3, 0.4) is 0 Å². The zero-order valence-corrected chi connectivity index (χ0v) is 12.3. The number of nitrogens with zero attached hydrogens (tertiary/aromatic N) is 2. The molecule has 1 aromatic rings. The summed E-state index contributed by atoms with van der Waals surface area (Å²) in [6.45, 7) is 3.05. The van der Waals surface area contributed by atoms with Gasteiger partial charge in [-0.2, -0.15) is 0 Å². The maximum absolute atomic E-state index is 10.9. The molecule has 4 N–H and O–H groups in total. The van der Waals surface area contributed by atoms with Gasteiger partial charge in [0.1, 0.15) is 11.6 Å². The Morgan fingerprint density at radius 3 is 2.48 bits per heavy atom. The molecule has 0 unspecified atom stereocenters. The lowest BCUT2D eigenvalue weighted by molar-refractivity contribution is -0.384. The van der Waals surface area contributed by atoms with Crippen molar-refractivity contribution in [3.8, 4) is 0 Å². The van der Waals surface area contributed by atoms with Gasteiger partial charge in [0, 0.05) is 6.54 Å². The van der Waals surface area contributed by atoms with Crippen LogP contribution in [0.1, 0.15) is 39.0 Å². The van der Waals surface area contributed by atoms with E-state index in [1.165, 1.54) is 44.2 Å². The summed E-state index contributed by atoms with van der Waals surface area (Å²) in [5, 5.41) is 14.1. The van der Waals surface area contributed by atoms with Crippen molar-refractivity contribution < 1.29 is 4.92 Å². The van der Waals surface area contributed by atoms with Gasteiger partial charge in [-0.3, -0.25) is 10.1 Å². The van der Waals surface area contributed by atoms with Crippen LogP contribution in [-0.4, -0.2) is 16.5 Å². The summed E-state index contributed by atoms with van der Waals surface area (Å²) in [4.78, 5) is 14.6. The van der Waals surface area contributed by atoms with Crippen LogP contribution in [0.25, 0.3) is 0 Å². The minimum atomic E-state index is -0.444. The van der Waals surface area contributed by atoms with E-state index < -0.39 is 4.92 Å². The molecule has 0 amide bonds. The van der Waals surface area contributed by atoms with E-state index in [0.717, 1.165) is 12.5 Å². The highest BCUT2D eigenvalue weighted by molar-refractivity contribution is 5.54. The largest absolute Gasteiger partial charge is 0.370 e. The summed E-state index contributed by atoms with van der Waals surface area (Å²) < 4.78 is 0. The molecule has 1 saturated carbocycles. The minimum absolute atomic E-state index is 0.0184. The van der Waals surface area contributed by atoms with E-state index in [4.69, 9.17) is 5.84 Å². The third kappa shape index (κ3) is 4.29. The molecular weight excluding hydrogens is 270 g/mol. The van der Waals surface area contributed by atoms with Crippen LogP contribution >= 0.6 is 0 Å². The molecule has 0 bridgehead atoms. The molecule has 1 aliphatic carbocycles. The van der Waals surface area contributed by atoms with Crippen molar-refractivity contribution in [1.29, 1.82) is 0 Å². The average Bonchev–Trinajstić information content (AvgIpc) is 2.53. The molecule has 1 aromatic heterocycles. The maximum atomic E-state index is 10.9. The predicted octanol–water partition coefficient (Wildman–Crippen LogP) is 2.90. The molecule has 1 fully saturated rings. The van der Waals surface area contributed by atoms with E-state index in [1.807, 2.05) is 0 Å². The molecule has 1 aliphatic rings. The standard InChI is InChI=1S/C14H23N5O2/c1-2-10-3-5-11(6-4-10)9-16-13-7-12(19(20)21)8-14(17-13)18-15/h7-8,10-11H,2-6,9,15H2,1H3,(H2,16,17,18). The van der Waals surface area contributed by atoms with Gasteiger partial charge in [-0.25, -0.2) is 10.8 Å². The van der Waals surface area contributed by atoms with Crippen molar-refractivity contribution in [2.24, 2.45) is 17.7 Å². The molecule has 0 aliphatic heterocycles. The predicted molar refractivity (Wildman–Crippen MR) is 82.9 cm³/mol. The SMILES string of the molecule is CCC1CCC(CNc2cc([N+](=O)[O-])cc(NN)n2)CC1. The normalized spacial score (nSPS) is 21.8. The number of hydrazine groups is 1. The highest BCUT2D eigenvalue weighted by Gasteiger charge is 2.20. The molecule has 116 valence electrons. The van der Waals surface area contributed by atoms with Crippen molar-refractivity contribution in [2.45, 2.75) is 39.0 Å². The zero-order chi connectivity index (χ0) is 15.2. The Morgan fingerprint density at radius 1 is 1.29 bits per heavy atom. The molecule has 0 spiro atoms. The van der Waals surface area contributed by atoms with Gasteiger partial charge in [-0.15, -0.1) is 0 Å². The van der Waals surface area contributed by atoms with E-state index in [-0.39, 0.29) is 5.69 Å². The summed E-state index contributed by atoms with van der Waals surface area (Å²) >= 11 is 0. The number of nitro groups is 1. The Kier molecular flexibility index (Phi) is 5.32. The van der Waals surface area contributed by atoms with Crippen molar-refractivity contribution in [3.05, 3.63) is 22.2 Å². The number of rotatable bonds is 6. The summed E-state index contributed by atoms with van der Waals surface area (Å²) in [5.74, 6) is 7.56. The average molecular weight is 293 g/mol. The van der Waals surface area contributed by atoms with E-state index in [9.17, 15) is 10.1 Å². The molecule has 7 nitrogen and oxygen atoms in total. The molecule has 0 aromatic carbocycles. The summed E-state index contributed by atoms with van der Waals surface area (Å²) in [6, 6.07) is 2.76. The molecule has 7 heteroatoms. The molecule has 2 rings (SSSR count). The second-order valence-corrected chi connectivity index (χ2v) is 5.67. The molecule has 1 heterocycles. The van der Waals surface area contributed by atoms with Gasteiger partial charge in [0.25, 0.3) is 5.69 Å². The quantitative estimate of drug-likeness (QED) is 0.423. The highest BCUT2D eigenvalue weighted by atomic mass is 16.6. The Bertz CT molecular complexity index is 486. The Hall–Kier alpha value is -1.89. The maximum Gasteiger partial charge on any atom is 0.276 e. The van der Waals surface area contributed by atoms with Crippen LogP contribution in [0, 0.1) is 22.0 Å². The van der Waals surface area contributed by atoms with Crippen molar-refractivity contribution in [2.75, 3.05) is 17.3 Å². The Balaban J connectivity index is 1.93. The molecule has 0 radical (unpaired) electrons. The molecule has 0 atom stereocenters. The number of hydrogen-bond donors (Lipinski definition) is 3. The fraction of sp³-hybridized carbons (Fsp3) is 0.643. The second-order valence-electron chi connectivity index (χ2n) is 5.67. The number of nitrogen functional groups attached to an aromatic ring is 1. The highest BCUT2D eigenvalue weighted by Crippen LogP contribution is 2.31. The number of anilines is 2. The van der Waals surface area contributed by atoms with Crippen molar-refractivity contribution >= 4 is 17.3 Å². The number of hydrogen-bond acceptors (Lipinski definition) is 6. The first-order valence-electron chi connectivity index (χ1n) is 7.49. The van der Waals surface area contributed by atoms with Crippen LogP contribution in [-0.2, 0) is 0 Å². The summed E-state index contributed by atoms with van der Waals surface area (Å²) in [5.41, 5.74) is 2.34. The zero-order valence-electron chi connectivity index (χ0n) is 12.3. The van der Waals surface area contributed by atoms with E-state index >= 15 is 0 Å². The Labute approximate surface area is 124 Å². The lowest BCUT2D eigenvalue weighted by Crippen LogP contribution is -2.21. The van der Waals surface area contributed by atoms with Gasteiger partial charge in [-0.1, -0.05) is 26.2 Å². The van der Waals surface area contributed by atoms with E-state index in [0.29, 0.717) is 17.6 Å². The van der Waals surface area contributed by atoms with Crippen LogP contribution in [0.2, 0.25) is 0 Å². The van der Waals surface area contributed by atoms with Gasteiger partial charge in [0.2, 0.25) is 0 Å². The number of nitrogens with one attached hydrogen (secondary N) is 2. The van der Waals surface area contributed by atoms with Crippen LogP contribution in [0.5, 0.6) is 0 Å². The van der Waals surface area contributed by atoms with Crippen molar-refractivity contribution in [1.82, 2.24) is 4.98 Å². The summed E-state index contributed by atoms with van der Waals surface area (Å²) in [6.07, 6.45) is 6.24.